The molecule has 1 aliphatic heterocycles. The molecule has 2 heterocycles. The summed E-state index contributed by atoms with van der Waals surface area (Å²) in [6.45, 7) is 3.39. The van der Waals surface area contributed by atoms with E-state index < -0.39 is 0 Å². The highest BCUT2D eigenvalue weighted by molar-refractivity contribution is 9.10. The van der Waals surface area contributed by atoms with Crippen LogP contribution in [0.5, 0.6) is 0 Å². The minimum absolute atomic E-state index is 0.0293. The number of aryl methyl sites for hydroxylation is 1. The number of carbonyl (C=O) groups is 1. The Balaban J connectivity index is 2.14. The fourth-order valence-electron chi connectivity index (χ4n) is 2.13. The molecule has 1 aromatic heterocycles. The maximum Gasteiger partial charge on any atom is 0.283 e. The van der Waals surface area contributed by atoms with Gasteiger partial charge in [0.25, 0.3) is 5.56 Å². The van der Waals surface area contributed by atoms with Crippen molar-refractivity contribution in [3.8, 4) is 0 Å². The molecule has 1 atom stereocenters. The third kappa shape index (κ3) is 3.39. The lowest BCUT2D eigenvalue weighted by Gasteiger charge is -2.24. The van der Waals surface area contributed by atoms with Crippen molar-refractivity contribution in [2.24, 2.45) is 0 Å². The molecule has 1 aromatic rings. The topological polar surface area (TPSA) is 76.0 Å². The maximum atomic E-state index is 12.1. The highest BCUT2D eigenvalue weighted by Gasteiger charge is 2.23. The third-order valence-electron chi connectivity index (χ3n) is 3.32. The first-order valence-electron chi connectivity index (χ1n) is 6.93. The summed E-state index contributed by atoms with van der Waals surface area (Å²) in [5.41, 5.74) is 0.407. The van der Waals surface area contributed by atoms with Crippen molar-refractivity contribution in [1.82, 2.24) is 15.1 Å². The summed E-state index contributed by atoms with van der Waals surface area (Å²) < 4.78 is 1.88. The van der Waals surface area contributed by atoms with E-state index in [1.54, 1.807) is 6.20 Å². The van der Waals surface area contributed by atoms with Gasteiger partial charge in [0.2, 0.25) is 5.91 Å². The molecule has 1 saturated heterocycles. The van der Waals surface area contributed by atoms with E-state index in [1.807, 2.05) is 0 Å². The molecule has 0 saturated carbocycles. The molecule has 0 radical (unpaired) electrons. The number of anilines is 1. The largest absolute Gasteiger partial charge is 0.371 e. The van der Waals surface area contributed by atoms with Gasteiger partial charge in [-0.1, -0.05) is 13.3 Å². The highest BCUT2D eigenvalue weighted by Crippen LogP contribution is 2.19. The first-order chi connectivity index (χ1) is 9.63. The van der Waals surface area contributed by atoms with E-state index >= 15 is 0 Å². The van der Waals surface area contributed by atoms with Crippen LogP contribution < -0.4 is 16.2 Å². The second-order valence-corrected chi connectivity index (χ2v) is 5.68. The van der Waals surface area contributed by atoms with E-state index in [9.17, 15) is 9.59 Å². The minimum Gasteiger partial charge on any atom is -0.371 e. The normalized spacial score (nSPS) is 18.7. The summed E-state index contributed by atoms with van der Waals surface area (Å²) >= 11 is 3.30. The third-order valence-corrected chi connectivity index (χ3v) is 4.09. The van der Waals surface area contributed by atoms with Crippen molar-refractivity contribution >= 4 is 27.5 Å². The number of hydrogen-bond donors (Lipinski definition) is 2. The number of hydrogen-bond acceptors (Lipinski definition) is 4. The van der Waals surface area contributed by atoms with Gasteiger partial charge in [-0.25, -0.2) is 4.68 Å². The molecule has 0 aliphatic carbocycles. The van der Waals surface area contributed by atoms with Gasteiger partial charge >= 0.3 is 0 Å². The summed E-state index contributed by atoms with van der Waals surface area (Å²) in [6, 6.07) is -0.298. The summed E-state index contributed by atoms with van der Waals surface area (Å²) in [5, 5.41) is 10.0. The second-order valence-electron chi connectivity index (χ2n) is 4.88. The maximum absolute atomic E-state index is 12.1. The summed E-state index contributed by atoms with van der Waals surface area (Å²) in [4.78, 5) is 23.8. The molecular weight excluding hydrogens is 324 g/mol. The Bertz CT molecular complexity index is 544. The molecule has 0 bridgehead atoms. The molecule has 0 aromatic carbocycles. The average molecular weight is 343 g/mol. The van der Waals surface area contributed by atoms with Gasteiger partial charge in [-0.05, 0) is 35.2 Å². The van der Waals surface area contributed by atoms with Crippen molar-refractivity contribution in [2.45, 2.75) is 45.2 Å². The molecule has 0 spiro atoms. The number of halogens is 1. The Kier molecular flexibility index (Phi) is 5.17. The van der Waals surface area contributed by atoms with Crippen molar-refractivity contribution in [2.75, 3.05) is 11.9 Å². The van der Waals surface area contributed by atoms with Crippen LogP contribution in [-0.4, -0.2) is 28.3 Å². The first kappa shape index (κ1) is 15.0. The summed E-state index contributed by atoms with van der Waals surface area (Å²) in [7, 11) is 0. The van der Waals surface area contributed by atoms with E-state index in [1.165, 1.54) is 4.68 Å². The zero-order valence-electron chi connectivity index (χ0n) is 11.5. The Morgan fingerprint density at radius 2 is 2.35 bits per heavy atom. The molecule has 1 aliphatic rings. The van der Waals surface area contributed by atoms with E-state index in [-0.39, 0.29) is 17.5 Å². The van der Waals surface area contributed by atoms with Crippen LogP contribution >= 0.6 is 15.9 Å². The zero-order chi connectivity index (χ0) is 14.5. The highest BCUT2D eigenvalue weighted by atomic mass is 79.9. The Labute approximate surface area is 126 Å². The lowest BCUT2D eigenvalue weighted by molar-refractivity contribution is -0.123. The monoisotopic (exact) mass is 342 g/mol. The smallest absolute Gasteiger partial charge is 0.283 e. The molecule has 2 N–H and O–H groups in total. The van der Waals surface area contributed by atoms with Crippen molar-refractivity contribution in [3.05, 3.63) is 21.0 Å². The lowest BCUT2D eigenvalue weighted by Crippen LogP contribution is -2.44. The van der Waals surface area contributed by atoms with Crippen molar-refractivity contribution in [3.63, 3.8) is 0 Å². The molecule has 6 nitrogen and oxygen atoms in total. The van der Waals surface area contributed by atoms with Gasteiger partial charge in [-0.15, -0.1) is 0 Å². The lowest BCUT2D eigenvalue weighted by atomic mass is 10.1. The van der Waals surface area contributed by atoms with Crippen molar-refractivity contribution < 1.29 is 4.79 Å². The number of nitrogens with zero attached hydrogens (tertiary/aromatic N) is 2. The van der Waals surface area contributed by atoms with E-state index in [2.05, 4.69) is 38.6 Å². The number of amides is 1. The van der Waals surface area contributed by atoms with Crippen LogP contribution in [0.4, 0.5) is 5.69 Å². The molecular formula is C13H19BrN4O2. The molecule has 1 fully saturated rings. The number of rotatable bonds is 5. The van der Waals surface area contributed by atoms with Crippen molar-refractivity contribution in [1.29, 1.82) is 0 Å². The fourth-order valence-corrected chi connectivity index (χ4v) is 2.55. The Morgan fingerprint density at radius 1 is 1.55 bits per heavy atom. The van der Waals surface area contributed by atoms with Crippen LogP contribution in [0, 0.1) is 0 Å². The molecule has 1 amide bonds. The molecule has 110 valence electrons. The predicted octanol–water partition coefficient (Wildman–Crippen LogP) is 1.50. The minimum atomic E-state index is -0.298. The van der Waals surface area contributed by atoms with Gasteiger partial charge in [0, 0.05) is 13.1 Å². The molecule has 1 unspecified atom stereocenters. The number of piperidine rings is 1. The van der Waals surface area contributed by atoms with Gasteiger partial charge in [0.1, 0.15) is 10.5 Å². The number of nitrogens with one attached hydrogen (secondary N) is 2. The van der Waals surface area contributed by atoms with Crippen LogP contribution in [-0.2, 0) is 11.3 Å². The predicted molar refractivity (Wildman–Crippen MR) is 80.8 cm³/mol. The number of unbranched alkanes of at least 4 members (excludes halogenated alkanes) is 1. The van der Waals surface area contributed by atoms with E-state index in [0.717, 1.165) is 32.2 Å². The molecule has 20 heavy (non-hydrogen) atoms. The fraction of sp³-hybridized carbons (Fsp3) is 0.615. The van der Waals surface area contributed by atoms with Gasteiger partial charge < -0.3 is 10.6 Å². The van der Waals surface area contributed by atoms with Gasteiger partial charge in [-0.2, -0.15) is 5.10 Å². The van der Waals surface area contributed by atoms with Crippen LogP contribution in [0.3, 0.4) is 0 Å². The number of aromatic nitrogens is 2. The summed E-state index contributed by atoms with van der Waals surface area (Å²) in [6.07, 6.45) is 5.22. The number of carbonyl (C=O) groups excluding carboxylic acids is 1. The Morgan fingerprint density at radius 3 is 3.05 bits per heavy atom. The quantitative estimate of drug-likeness (QED) is 0.850. The molecule has 7 heteroatoms. The van der Waals surface area contributed by atoms with E-state index in [0.29, 0.717) is 16.7 Å². The average Bonchev–Trinajstić information content (AvgIpc) is 2.45. The van der Waals surface area contributed by atoms with Gasteiger partial charge in [0.15, 0.2) is 0 Å². The van der Waals surface area contributed by atoms with Crippen LogP contribution in [0.15, 0.2) is 15.5 Å². The van der Waals surface area contributed by atoms with Gasteiger partial charge in [0.05, 0.1) is 11.9 Å². The first-order valence-corrected chi connectivity index (χ1v) is 7.72. The zero-order valence-corrected chi connectivity index (χ0v) is 13.1. The Hall–Kier alpha value is -1.37. The van der Waals surface area contributed by atoms with Crippen LogP contribution in [0.1, 0.15) is 32.6 Å². The standard InChI is InChI=1S/C13H19BrN4O2/c1-2-3-7-18-13(20)11(14)10(8-16-18)17-9-5-4-6-15-12(9)19/h8-9,17H,2-7H2,1H3,(H,15,19). The van der Waals surface area contributed by atoms with Gasteiger partial charge in [-0.3, -0.25) is 9.59 Å². The second kappa shape index (κ2) is 6.88. The van der Waals surface area contributed by atoms with E-state index in [4.69, 9.17) is 0 Å². The molecule has 2 rings (SSSR count). The van der Waals surface area contributed by atoms with Crippen LogP contribution in [0.2, 0.25) is 0 Å². The van der Waals surface area contributed by atoms with Crippen LogP contribution in [0.25, 0.3) is 0 Å². The SMILES string of the molecule is CCCCn1ncc(NC2CCCNC2=O)c(Br)c1=O. The summed E-state index contributed by atoms with van der Waals surface area (Å²) in [5.74, 6) is -0.0293.